The van der Waals surface area contributed by atoms with Gasteiger partial charge in [-0.3, -0.25) is 4.90 Å². The first-order valence-electron chi connectivity index (χ1n) is 8.22. The molecule has 19 heavy (non-hydrogen) atoms. The molecule has 0 radical (unpaired) electrons. The van der Waals surface area contributed by atoms with Crippen LogP contribution in [0.1, 0.15) is 52.4 Å². The van der Waals surface area contributed by atoms with Crippen molar-refractivity contribution in [1.82, 2.24) is 9.80 Å². The van der Waals surface area contributed by atoms with Crippen molar-refractivity contribution in [3.05, 3.63) is 0 Å². The van der Waals surface area contributed by atoms with E-state index in [1.807, 2.05) is 0 Å². The van der Waals surface area contributed by atoms with Crippen molar-refractivity contribution >= 4 is 0 Å². The van der Waals surface area contributed by atoms with Gasteiger partial charge >= 0.3 is 0 Å². The third kappa shape index (κ3) is 5.80. The van der Waals surface area contributed by atoms with Gasteiger partial charge in [-0.05, 0) is 65.3 Å². The summed E-state index contributed by atoms with van der Waals surface area (Å²) in [6.45, 7) is 8.11. The molecule has 0 spiro atoms. The Labute approximate surface area is 120 Å². The minimum atomic E-state index is 0.396. The molecule has 0 amide bonds. The molecule has 0 aliphatic heterocycles. The summed E-state index contributed by atoms with van der Waals surface area (Å²) in [6.07, 6.45) is 7.85. The zero-order chi connectivity index (χ0) is 14.3. The van der Waals surface area contributed by atoms with E-state index in [1.54, 1.807) is 0 Å². The fourth-order valence-corrected chi connectivity index (χ4v) is 3.49. The normalized spacial score (nSPS) is 28.3. The van der Waals surface area contributed by atoms with Crippen molar-refractivity contribution in [2.75, 3.05) is 33.7 Å². The Kier molecular flexibility index (Phi) is 7.96. The fraction of sp³-hybridized carbons (Fsp3) is 1.00. The first-order chi connectivity index (χ1) is 9.08. The molecule has 1 aliphatic carbocycles. The summed E-state index contributed by atoms with van der Waals surface area (Å²) in [6, 6.07) is 1.02. The smallest absolute Gasteiger partial charge is 0.0249 e. The SMILES string of the molecule is CCCC1CCC(N)C(N(CC)CCCN(C)C)C1. The van der Waals surface area contributed by atoms with Crippen molar-refractivity contribution in [2.24, 2.45) is 11.7 Å². The van der Waals surface area contributed by atoms with Crippen molar-refractivity contribution < 1.29 is 0 Å². The van der Waals surface area contributed by atoms with Gasteiger partial charge in [-0.15, -0.1) is 0 Å². The predicted octanol–water partition coefficient (Wildman–Crippen LogP) is 2.56. The zero-order valence-corrected chi connectivity index (χ0v) is 13.6. The van der Waals surface area contributed by atoms with Crippen molar-refractivity contribution in [3.8, 4) is 0 Å². The topological polar surface area (TPSA) is 32.5 Å². The Morgan fingerprint density at radius 2 is 1.84 bits per heavy atom. The standard InChI is InChI=1S/C16H35N3/c1-5-8-14-9-10-15(17)16(13-14)19(6-2)12-7-11-18(3)4/h14-16H,5-13,17H2,1-4H3. The molecule has 0 saturated heterocycles. The summed E-state index contributed by atoms with van der Waals surface area (Å²) in [4.78, 5) is 4.91. The predicted molar refractivity (Wildman–Crippen MR) is 84.4 cm³/mol. The van der Waals surface area contributed by atoms with E-state index in [9.17, 15) is 0 Å². The molecular weight excluding hydrogens is 234 g/mol. The van der Waals surface area contributed by atoms with Crippen LogP contribution in [0.2, 0.25) is 0 Å². The van der Waals surface area contributed by atoms with Gasteiger partial charge in [0.05, 0.1) is 0 Å². The van der Waals surface area contributed by atoms with Crippen molar-refractivity contribution in [1.29, 1.82) is 0 Å². The van der Waals surface area contributed by atoms with E-state index in [0.29, 0.717) is 12.1 Å². The van der Waals surface area contributed by atoms with Gasteiger partial charge in [0.1, 0.15) is 0 Å². The highest BCUT2D eigenvalue weighted by molar-refractivity contribution is 4.89. The van der Waals surface area contributed by atoms with Crippen LogP contribution in [0.3, 0.4) is 0 Å². The van der Waals surface area contributed by atoms with Gasteiger partial charge in [-0.25, -0.2) is 0 Å². The molecule has 0 aromatic carbocycles. The van der Waals surface area contributed by atoms with Crippen LogP contribution in [0.4, 0.5) is 0 Å². The molecule has 114 valence electrons. The minimum Gasteiger partial charge on any atom is -0.326 e. The summed E-state index contributed by atoms with van der Waals surface area (Å²) in [7, 11) is 4.31. The van der Waals surface area contributed by atoms with E-state index in [-0.39, 0.29) is 0 Å². The Balaban J connectivity index is 2.46. The number of hydrogen-bond donors (Lipinski definition) is 1. The van der Waals surface area contributed by atoms with E-state index in [2.05, 4.69) is 37.7 Å². The lowest BCUT2D eigenvalue weighted by atomic mass is 9.80. The molecule has 0 bridgehead atoms. The number of likely N-dealkylation sites (N-methyl/N-ethyl adjacent to an activating group) is 1. The molecule has 1 aliphatic rings. The molecule has 0 heterocycles. The van der Waals surface area contributed by atoms with E-state index in [4.69, 9.17) is 5.73 Å². The lowest BCUT2D eigenvalue weighted by Gasteiger charge is -2.41. The second-order valence-corrected chi connectivity index (χ2v) is 6.48. The van der Waals surface area contributed by atoms with Gasteiger partial charge in [0, 0.05) is 12.1 Å². The molecule has 3 atom stereocenters. The highest BCUT2D eigenvalue weighted by Crippen LogP contribution is 2.30. The van der Waals surface area contributed by atoms with Gasteiger partial charge in [0.25, 0.3) is 0 Å². The molecule has 1 fully saturated rings. The molecule has 3 nitrogen and oxygen atoms in total. The van der Waals surface area contributed by atoms with Crippen LogP contribution in [0.5, 0.6) is 0 Å². The Hall–Kier alpha value is -0.120. The number of nitrogens with zero attached hydrogens (tertiary/aromatic N) is 2. The van der Waals surface area contributed by atoms with Crippen LogP contribution < -0.4 is 5.73 Å². The number of rotatable bonds is 8. The Bertz CT molecular complexity index is 230. The quantitative estimate of drug-likeness (QED) is 0.735. The average molecular weight is 269 g/mol. The Morgan fingerprint density at radius 3 is 2.42 bits per heavy atom. The van der Waals surface area contributed by atoms with Crippen LogP contribution >= 0.6 is 0 Å². The lowest BCUT2D eigenvalue weighted by Crippen LogP contribution is -2.51. The maximum Gasteiger partial charge on any atom is 0.0249 e. The van der Waals surface area contributed by atoms with E-state index < -0.39 is 0 Å². The largest absolute Gasteiger partial charge is 0.326 e. The highest BCUT2D eigenvalue weighted by Gasteiger charge is 2.31. The molecule has 3 heteroatoms. The molecule has 2 N–H and O–H groups in total. The van der Waals surface area contributed by atoms with Crippen molar-refractivity contribution in [3.63, 3.8) is 0 Å². The van der Waals surface area contributed by atoms with Crippen LogP contribution in [-0.2, 0) is 0 Å². The summed E-state index contributed by atoms with van der Waals surface area (Å²) < 4.78 is 0. The molecule has 1 rings (SSSR count). The monoisotopic (exact) mass is 269 g/mol. The fourth-order valence-electron chi connectivity index (χ4n) is 3.49. The third-order valence-corrected chi connectivity index (χ3v) is 4.60. The van der Waals surface area contributed by atoms with Crippen LogP contribution in [0, 0.1) is 5.92 Å². The molecule has 3 unspecified atom stereocenters. The average Bonchev–Trinajstić information content (AvgIpc) is 2.37. The summed E-state index contributed by atoms with van der Waals surface area (Å²) in [5.74, 6) is 0.915. The van der Waals surface area contributed by atoms with Gasteiger partial charge in [0.2, 0.25) is 0 Å². The van der Waals surface area contributed by atoms with E-state index >= 15 is 0 Å². The second kappa shape index (κ2) is 8.93. The molecule has 0 aromatic rings. The van der Waals surface area contributed by atoms with Crippen LogP contribution in [0.25, 0.3) is 0 Å². The first kappa shape index (κ1) is 16.9. The third-order valence-electron chi connectivity index (χ3n) is 4.60. The molecular formula is C16H35N3. The van der Waals surface area contributed by atoms with Gasteiger partial charge in [-0.1, -0.05) is 26.7 Å². The van der Waals surface area contributed by atoms with E-state index in [0.717, 1.165) is 12.5 Å². The van der Waals surface area contributed by atoms with Crippen LogP contribution in [0.15, 0.2) is 0 Å². The molecule has 1 saturated carbocycles. The van der Waals surface area contributed by atoms with Crippen molar-refractivity contribution in [2.45, 2.75) is 64.5 Å². The second-order valence-electron chi connectivity index (χ2n) is 6.48. The Morgan fingerprint density at radius 1 is 1.11 bits per heavy atom. The van der Waals surface area contributed by atoms with Gasteiger partial charge < -0.3 is 10.6 Å². The van der Waals surface area contributed by atoms with E-state index in [1.165, 1.54) is 51.6 Å². The number of hydrogen-bond acceptors (Lipinski definition) is 3. The van der Waals surface area contributed by atoms with Crippen LogP contribution in [-0.4, -0.2) is 55.6 Å². The number of nitrogens with two attached hydrogens (primary N) is 1. The summed E-state index contributed by atoms with van der Waals surface area (Å²) >= 11 is 0. The maximum atomic E-state index is 6.39. The molecule has 0 aromatic heterocycles. The zero-order valence-electron chi connectivity index (χ0n) is 13.6. The van der Waals surface area contributed by atoms with Gasteiger partial charge in [-0.2, -0.15) is 0 Å². The summed E-state index contributed by atoms with van der Waals surface area (Å²) in [5.41, 5.74) is 6.39. The summed E-state index contributed by atoms with van der Waals surface area (Å²) in [5, 5.41) is 0. The first-order valence-corrected chi connectivity index (χ1v) is 8.22. The lowest BCUT2D eigenvalue weighted by molar-refractivity contribution is 0.110. The maximum absolute atomic E-state index is 6.39. The highest BCUT2D eigenvalue weighted by atomic mass is 15.2. The van der Waals surface area contributed by atoms with Gasteiger partial charge in [0.15, 0.2) is 0 Å². The minimum absolute atomic E-state index is 0.396.